The summed E-state index contributed by atoms with van der Waals surface area (Å²) in [6.45, 7) is 0. The Kier molecular flexibility index (Phi) is 6.44. The van der Waals surface area contributed by atoms with E-state index in [9.17, 15) is 22.8 Å². The molecule has 12 heteroatoms. The molecule has 0 atom stereocenters. The number of para-hydroxylation sites is 2. The van der Waals surface area contributed by atoms with Crippen LogP contribution in [0.4, 0.5) is 24.7 Å². The molecule has 0 radical (unpaired) electrons. The van der Waals surface area contributed by atoms with Crippen molar-refractivity contribution in [2.75, 3.05) is 10.7 Å². The van der Waals surface area contributed by atoms with Crippen molar-refractivity contribution in [1.29, 1.82) is 0 Å². The predicted octanol–water partition coefficient (Wildman–Crippen LogP) is 5.05. The van der Waals surface area contributed by atoms with Crippen LogP contribution in [0.25, 0.3) is 33.9 Å². The van der Waals surface area contributed by atoms with E-state index in [4.69, 9.17) is 4.42 Å². The number of oxazole rings is 1. The summed E-state index contributed by atoms with van der Waals surface area (Å²) in [6.07, 6.45) is -4.76. The molecule has 0 saturated heterocycles. The second-order valence-electron chi connectivity index (χ2n) is 7.93. The number of amides is 2. The number of fused-ring (bicyclic) bond motifs is 1. The minimum Gasteiger partial charge on any atom is -0.436 e. The molecule has 0 fully saturated rings. The van der Waals surface area contributed by atoms with E-state index in [-0.39, 0.29) is 17.3 Å². The zero-order valence-electron chi connectivity index (χ0n) is 19.3. The molecule has 0 aliphatic rings. The molecule has 3 aromatic carbocycles. The molecule has 2 aromatic heterocycles. The minimum atomic E-state index is -4.76. The number of benzene rings is 3. The standard InChI is InChI=1S/C26H17F3N6O3/c27-26(28,29)20-14-21(33-22(32-20)15-7-2-1-3-8-15)34-35-24(37)23(36)30-17-10-6-9-16(13-17)25-31-18-11-4-5-12-19(18)38-25/h1-14H,(H,30,36)(H,35,37)(H,32,33,34). The number of anilines is 2. The molecule has 0 unspecified atom stereocenters. The smallest absolute Gasteiger partial charge is 0.433 e. The van der Waals surface area contributed by atoms with Crippen LogP contribution in [0.1, 0.15) is 5.69 Å². The normalized spacial score (nSPS) is 11.2. The molecule has 0 saturated carbocycles. The predicted molar refractivity (Wildman–Crippen MR) is 132 cm³/mol. The fourth-order valence-electron chi connectivity index (χ4n) is 3.46. The molecule has 3 N–H and O–H groups in total. The number of carbonyl (C=O) groups excluding carboxylic acids is 2. The van der Waals surface area contributed by atoms with Gasteiger partial charge in [0.15, 0.2) is 17.1 Å². The highest BCUT2D eigenvalue weighted by molar-refractivity contribution is 6.39. The van der Waals surface area contributed by atoms with E-state index in [0.29, 0.717) is 34.2 Å². The average molecular weight is 518 g/mol. The second-order valence-corrected chi connectivity index (χ2v) is 7.93. The van der Waals surface area contributed by atoms with Crippen molar-refractivity contribution in [3.05, 3.63) is 90.6 Å². The zero-order valence-corrected chi connectivity index (χ0v) is 19.3. The molecule has 5 aromatic rings. The van der Waals surface area contributed by atoms with Gasteiger partial charge in [-0.2, -0.15) is 13.2 Å². The molecule has 0 aliphatic carbocycles. The highest BCUT2D eigenvalue weighted by Crippen LogP contribution is 2.30. The van der Waals surface area contributed by atoms with Gasteiger partial charge in [0.05, 0.1) is 0 Å². The third-order valence-electron chi connectivity index (χ3n) is 5.22. The summed E-state index contributed by atoms with van der Waals surface area (Å²) in [5.41, 5.74) is 5.51. The Morgan fingerprint density at radius 1 is 0.763 bits per heavy atom. The number of halogens is 3. The summed E-state index contributed by atoms with van der Waals surface area (Å²) in [7, 11) is 0. The Morgan fingerprint density at radius 2 is 1.50 bits per heavy atom. The van der Waals surface area contributed by atoms with Gasteiger partial charge in [-0.15, -0.1) is 0 Å². The molecular weight excluding hydrogens is 501 g/mol. The van der Waals surface area contributed by atoms with Gasteiger partial charge in [0, 0.05) is 22.9 Å². The van der Waals surface area contributed by atoms with E-state index < -0.39 is 23.7 Å². The van der Waals surface area contributed by atoms with Crippen molar-refractivity contribution < 1.29 is 27.2 Å². The van der Waals surface area contributed by atoms with Crippen LogP contribution in [0.2, 0.25) is 0 Å². The Bertz CT molecular complexity index is 1600. The molecule has 2 heterocycles. The molecule has 5 rings (SSSR count). The van der Waals surface area contributed by atoms with E-state index in [1.165, 1.54) is 0 Å². The van der Waals surface area contributed by atoms with Crippen molar-refractivity contribution in [2.45, 2.75) is 6.18 Å². The van der Waals surface area contributed by atoms with Crippen molar-refractivity contribution in [2.24, 2.45) is 0 Å². The van der Waals surface area contributed by atoms with Crippen LogP contribution in [0.15, 0.2) is 89.3 Å². The SMILES string of the molecule is O=C(NNc1cc(C(F)(F)F)nc(-c2ccccc2)n1)C(=O)Nc1cccc(-c2nc3ccccc3o2)c1. The van der Waals surface area contributed by atoms with Crippen LogP contribution in [0, 0.1) is 0 Å². The summed E-state index contributed by atoms with van der Waals surface area (Å²) >= 11 is 0. The number of hydrogen-bond acceptors (Lipinski definition) is 7. The lowest BCUT2D eigenvalue weighted by Crippen LogP contribution is -2.39. The quantitative estimate of drug-likeness (QED) is 0.220. The van der Waals surface area contributed by atoms with Crippen molar-refractivity contribution in [1.82, 2.24) is 20.4 Å². The fourth-order valence-corrected chi connectivity index (χ4v) is 3.46. The van der Waals surface area contributed by atoms with Gasteiger partial charge in [-0.05, 0) is 30.3 Å². The number of carbonyl (C=O) groups is 2. The summed E-state index contributed by atoms with van der Waals surface area (Å²) in [6, 6.07) is 22.3. The molecule has 0 bridgehead atoms. The Labute approximate surface area is 212 Å². The van der Waals surface area contributed by atoms with Gasteiger partial charge in [-0.3, -0.25) is 20.4 Å². The maximum Gasteiger partial charge on any atom is 0.433 e. The lowest BCUT2D eigenvalue weighted by atomic mass is 10.2. The van der Waals surface area contributed by atoms with Crippen LogP contribution < -0.4 is 16.2 Å². The molecule has 190 valence electrons. The lowest BCUT2D eigenvalue weighted by Gasteiger charge is -2.13. The van der Waals surface area contributed by atoms with Gasteiger partial charge in [0.1, 0.15) is 11.3 Å². The molecule has 0 spiro atoms. The van der Waals surface area contributed by atoms with Crippen LogP contribution >= 0.6 is 0 Å². The number of rotatable bonds is 5. The minimum absolute atomic E-state index is 0.211. The second kappa shape index (κ2) is 10.0. The first kappa shape index (κ1) is 24.4. The van der Waals surface area contributed by atoms with E-state index in [2.05, 4.69) is 31.1 Å². The molecular formula is C26H17F3N6O3. The number of alkyl halides is 3. The average Bonchev–Trinajstić information content (AvgIpc) is 3.36. The van der Waals surface area contributed by atoms with Crippen molar-refractivity contribution >= 4 is 34.4 Å². The Morgan fingerprint density at radius 3 is 2.26 bits per heavy atom. The highest BCUT2D eigenvalue weighted by Gasteiger charge is 2.34. The third-order valence-corrected chi connectivity index (χ3v) is 5.22. The van der Waals surface area contributed by atoms with Gasteiger partial charge in [0.2, 0.25) is 5.89 Å². The topological polar surface area (TPSA) is 122 Å². The first-order chi connectivity index (χ1) is 18.3. The van der Waals surface area contributed by atoms with Gasteiger partial charge >= 0.3 is 18.0 Å². The van der Waals surface area contributed by atoms with E-state index >= 15 is 0 Å². The molecule has 9 nitrogen and oxygen atoms in total. The molecule has 2 amide bonds. The van der Waals surface area contributed by atoms with Gasteiger partial charge in [-0.1, -0.05) is 48.5 Å². The van der Waals surface area contributed by atoms with Crippen LogP contribution in [0.5, 0.6) is 0 Å². The fraction of sp³-hybridized carbons (Fsp3) is 0.0385. The van der Waals surface area contributed by atoms with Crippen molar-refractivity contribution in [3.63, 3.8) is 0 Å². The van der Waals surface area contributed by atoms with Crippen LogP contribution in [0.3, 0.4) is 0 Å². The largest absolute Gasteiger partial charge is 0.436 e. The van der Waals surface area contributed by atoms with Gasteiger partial charge in [-0.25, -0.2) is 15.0 Å². The van der Waals surface area contributed by atoms with E-state index in [1.54, 1.807) is 66.7 Å². The molecule has 0 aliphatic heterocycles. The molecule has 38 heavy (non-hydrogen) atoms. The zero-order chi connectivity index (χ0) is 26.7. The number of hydrazine groups is 1. The highest BCUT2D eigenvalue weighted by atomic mass is 19.4. The lowest BCUT2D eigenvalue weighted by molar-refractivity contribution is -0.141. The summed E-state index contributed by atoms with van der Waals surface area (Å²) in [5.74, 6) is -2.47. The summed E-state index contributed by atoms with van der Waals surface area (Å²) < 4.78 is 45.8. The summed E-state index contributed by atoms with van der Waals surface area (Å²) in [4.78, 5) is 36.7. The Hall–Kier alpha value is -5.26. The summed E-state index contributed by atoms with van der Waals surface area (Å²) in [5, 5.41) is 2.42. The maximum absolute atomic E-state index is 13.4. The number of nitrogens with zero attached hydrogens (tertiary/aromatic N) is 3. The van der Waals surface area contributed by atoms with Crippen molar-refractivity contribution in [3.8, 4) is 22.8 Å². The first-order valence-corrected chi connectivity index (χ1v) is 11.1. The maximum atomic E-state index is 13.4. The number of nitrogens with one attached hydrogen (secondary N) is 3. The van der Waals surface area contributed by atoms with E-state index in [0.717, 1.165) is 0 Å². The van der Waals surface area contributed by atoms with E-state index in [1.807, 2.05) is 12.1 Å². The number of hydrogen-bond donors (Lipinski definition) is 3. The first-order valence-electron chi connectivity index (χ1n) is 11.1. The van der Waals surface area contributed by atoms with Gasteiger partial charge in [0.25, 0.3) is 0 Å². The number of aromatic nitrogens is 3. The Balaban J connectivity index is 1.28. The van der Waals surface area contributed by atoms with Crippen LogP contribution in [-0.4, -0.2) is 26.8 Å². The monoisotopic (exact) mass is 518 g/mol. The third kappa shape index (κ3) is 5.43. The van der Waals surface area contributed by atoms with Gasteiger partial charge < -0.3 is 9.73 Å². The van der Waals surface area contributed by atoms with Crippen LogP contribution in [-0.2, 0) is 15.8 Å².